The van der Waals surface area contributed by atoms with Crippen molar-refractivity contribution in [2.24, 2.45) is 0 Å². The van der Waals surface area contributed by atoms with Gasteiger partial charge in [0.2, 0.25) is 5.91 Å². The number of rotatable bonds is 6. The smallest absolute Gasteiger partial charge is 0.234 e. The van der Waals surface area contributed by atoms with Crippen LogP contribution in [0, 0.1) is 6.92 Å². The molecule has 0 saturated heterocycles. The van der Waals surface area contributed by atoms with Crippen molar-refractivity contribution in [2.75, 3.05) is 18.2 Å². The number of benzene rings is 2. The molecule has 0 unspecified atom stereocenters. The SMILES string of the molecule is COc1ccc(-c2nnc3ccc(SCC(=O)Nc4ccc(C)c(Cl)c4)nn23)cc1. The van der Waals surface area contributed by atoms with Gasteiger partial charge in [-0.2, -0.15) is 9.61 Å². The van der Waals surface area contributed by atoms with Gasteiger partial charge in [-0.25, -0.2) is 0 Å². The number of amides is 1. The van der Waals surface area contributed by atoms with E-state index in [0.717, 1.165) is 16.9 Å². The zero-order chi connectivity index (χ0) is 21.1. The fourth-order valence-corrected chi connectivity index (χ4v) is 3.61. The standard InChI is InChI=1S/C21H18ClN5O2S/c1-13-3-6-15(11-17(13)22)23-19(28)12-30-20-10-9-18-24-25-21(27(18)26-20)14-4-7-16(29-2)8-5-14/h3-11H,12H2,1-2H3,(H,23,28). The van der Waals surface area contributed by atoms with Gasteiger partial charge in [0.25, 0.3) is 0 Å². The van der Waals surface area contributed by atoms with Crippen LogP contribution in [0.25, 0.3) is 17.0 Å². The lowest BCUT2D eigenvalue weighted by atomic mass is 10.2. The predicted molar refractivity (Wildman–Crippen MR) is 118 cm³/mol. The quantitative estimate of drug-likeness (QED) is 0.446. The van der Waals surface area contributed by atoms with Gasteiger partial charge >= 0.3 is 0 Å². The summed E-state index contributed by atoms with van der Waals surface area (Å²) >= 11 is 7.44. The van der Waals surface area contributed by atoms with Gasteiger partial charge in [0.05, 0.1) is 12.9 Å². The van der Waals surface area contributed by atoms with Crippen molar-refractivity contribution in [1.29, 1.82) is 0 Å². The largest absolute Gasteiger partial charge is 0.497 e. The van der Waals surface area contributed by atoms with Crippen LogP contribution in [0.15, 0.2) is 59.6 Å². The molecule has 0 aliphatic heterocycles. The summed E-state index contributed by atoms with van der Waals surface area (Å²) in [6, 6.07) is 16.6. The molecule has 0 saturated carbocycles. The molecule has 4 aromatic rings. The minimum atomic E-state index is -0.138. The Morgan fingerprint density at radius 3 is 2.67 bits per heavy atom. The second-order valence-electron chi connectivity index (χ2n) is 6.49. The van der Waals surface area contributed by atoms with E-state index >= 15 is 0 Å². The monoisotopic (exact) mass is 439 g/mol. The number of carbonyl (C=O) groups is 1. The van der Waals surface area contributed by atoms with E-state index in [0.29, 0.717) is 27.2 Å². The number of carbonyl (C=O) groups excluding carboxylic acids is 1. The Morgan fingerprint density at radius 1 is 1.13 bits per heavy atom. The van der Waals surface area contributed by atoms with Gasteiger partial charge in [0, 0.05) is 16.3 Å². The molecule has 2 aromatic carbocycles. The van der Waals surface area contributed by atoms with Crippen LogP contribution in [0.4, 0.5) is 5.69 Å². The van der Waals surface area contributed by atoms with Crippen LogP contribution in [0.2, 0.25) is 5.02 Å². The molecular weight excluding hydrogens is 422 g/mol. The molecule has 9 heteroatoms. The van der Waals surface area contributed by atoms with Crippen molar-refractivity contribution < 1.29 is 9.53 Å². The molecular formula is C21H18ClN5O2S. The van der Waals surface area contributed by atoms with Crippen LogP contribution in [0.1, 0.15) is 5.56 Å². The second kappa shape index (κ2) is 8.73. The summed E-state index contributed by atoms with van der Waals surface area (Å²) in [7, 11) is 1.62. The van der Waals surface area contributed by atoms with Crippen LogP contribution in [0.3, 0.4) is 0 Å². The summed E-state index contributed by atoms with van der Waals surface area (Å²) in [5.74, 6) is 1.46. The van der Waals surface area contributed by atoms with E-state index in [1.165, 1.54) is 11.8 Å². The lowest BCUT2D eigenvalue weighted by Gasteiger charge is -2.07. The van der Waals surface area contributed by atoms with Crippen molar-refractivity contribution in [3.63, 3.8) is 0 Å². The van der Waals surface area contributed by atoms with Crippen LogP contribution in [-0.2, 0) is 4.79 Å². The van der Waals surface area contributed by atoms with Gasteiger partial charge in [-0.05, 0) is 61.0 Å². The minimum absolute atomic E-state index is 0.138. The van der Waals surface area contributed by atoms with E-state index in [2.05, 4.69) is 20.6 Å². The number of aryl methyl sites for hydroxylation is 1. The first kappa shape index (κ1) is 20.2. The van der Waals surface area contributed by atoms with E-state index in [1.54, 1.807) is 17.7 Å². The number of thioether (sulfide) groups is 1. The Hall–Kier alpha value is -3.10. The third-order valence-corrected chi connectivity index (χ3v) is 5.72. The fraction of sp³-hybridized carbons (Fsp3) is 0.143. The Labute approximate surface area is 182 Å². The van der Waals surface area contributed by atoms with E-state index in [4.69, 9.17) is 16.3 Å². The summed E-state index contributed by atoms with van der Waals surface area (Å²) in [5, 5.41) is 17.1. The zero-order valence-electron chi connectivity index (χ0n) is 16.3. The van der Waals surface area contributed by atoms with Crippen molar-refractivity contribution in [1.82, 2.24) is 19.8 Å². The molecule has 0 radical (unpaired) electrons. The van der Waals surface area contributed by atoms with Gasteiger partial charge in [0.1, 0.15) is 10.8 Å². The number of nitrogens with zero attached hydrogens (tertiary/aromatic N) is 4. The average molecular weight is 440 g/mol. The minimum Gasteiger partial charge on any atom is -0.497 e. The molecule has 1 N–H and O–H groups in total. The molecule has 152 valence electrons. The number of ether oxygens (including phenoxy) is 1. The summed E-state index contributed by atoms with van der Waals surface area (Å²) in [5.41, 5.74) is 3.12. The van der Waals surface area contributed by atoms with Crippen LogP contribution < -0.4 is 10.1 Å². The zero-order valence-corrected chi connectivity index (χ0v) is 17.9. The molecule has 0 atom stereocenters. The summed E-state index contributed by atoms with van der Waals surface area (Å²) in [4.78, 5) is 12.3. The molecule has 30 heavy (non-hydrogen) atoms. The Kier molecular flexibility index (Phi) is 5.87. The number of aromatic nitrogens is 4. The third-order valence-electron chi connectivity index (χ3n) is 4.39. The van der Waals surface area contributed by atoms with E-state index in [9.17, 15) is 4.79 Å². The van der Waals surface area contributed by atoms with Gasteiger partial charge in [-0.15, -0.1) is 10.2 Å². The van der Waals surface area contributed by atoms with Crippen molar-refractivity contribution in [3.8, 4) is 17.1 Å². The van der Waals surface area contributed by atoms with E-state index < -0.39 is 0 Å². The lowest BCUT2D eigenvalue weighted by molar-refractivity contribution is -0.113. The second-order valence-corrected chi connectivity index (χ2v) is 7.90. The first-order chi connectivity index (χ1) is 14.5. The van der Waals surface area contributed by atoms with Crippen LogP contribution in [-0.4, -0.2) is 38.6 Å². The van der Waals surface area contributed by atoms with Crippen molar-refractivity contribution >= 4 is 40.6 Å². The topological polar surface area (TPSA) is 81.4 Å². The summed E-state index contributed by atoms with van der Waals surface area (Å²) in [6.45, 7) is 1.91. The summed E-state index contributed by atoms with van der Waals surface area (Å²) in [6.07, 6.45) is 0. The number of halogens is 1. The van der Waals surface area contributed by atoms with E-state index in [-0.39, 0.29) is 11.7 Å². The molecule has 7 nitrogen and oxygen atoms in total. The highest BCUT2D eigenvalue weighted by Crippen LogP contribution is 2.23. The normalized spacial score (nSPS) is 10.9. The van der Waals surface area contributed by atoms with Gasteiger partial charge < -0.3 is 10.1 Å². The first-order valence-electron chi connectivity index (χ1n) is 9.09. The van der Waals surface area contributed by atoms with Crippen molar-refractivity contribution in [3.05, 3.63) is 65.2 Å². The fourth-order valence-electron chi connectivity index (χ4n) is 2.78. The molecule has 4 rings (SSSR count). The lowest BCUT2D eigenvalue weighted by Crippen LogP contribution is -2.14. The molecule has 0 aliphatic carbocycles. The Morgan fingerprint density at radius 2 is 1.93 bits per heavy atom. The maximum atomic E-state index is 12.3. The predicted octanol–water partition coefficient (Wildman–Crippen LogP) is 4.49. The maximum absolute atomic E-state index is 12.3. The summed E-state index contributed by atoms with van der Waals surface area (Å²) < 4.78 is 6.86. The molecule has 2 aromatic heterocycles. The number of hydrogen-bond acceptors (Lipinski definition) is 6. The van der Waals surface area contributed by atoms with Gasteiger partial charge in [0.15, 0.2) is 11.5 Å². The molecule has 2 heterocycles. The molecule has 1 amide bonds. The number of methoxy groups -OCH3 is 1. The van der Waals surface area contributed by atoms with Gasteiger partial charge in [-0.1, -0.05) is 29.4 Å². The highest BCUT2D eigenvalue weighted by atomic mass is 35.5. The molecule has 0 bridgehead atoms. The Balaban J connectivity index is 1.47. The third kappa shape index (κ3) is 4.39. The maximum Gasteiger partial charge on any atom is 0.234 e. The van der Waals surface area contributed by atoms with Crippen LogP contribution in [0.5, 0.6) is 5.75 Å². The highest BCUT2D eigenvalue weighted by Gasteiger charge is 2.12. The number of fused-ring (bicyclic) bond motifs is 1. The number of nitrogens with one attached hydrogen (secondary N) is 1. The molecule has 0 aliphatic rings. The van der Waals surface area contributed by atoms with Gasteiger partial charge in [-0.3, -0.25) is 4.79 Å². The van der Waals surface area contributed by atoms with Crippen LogP contribution >= 0.6 is 23.4 Å². The molecule has 0 fully saturated rings. The highest BCUT2D eigenvalue weighted by molar-refractivity contribution is 7.99. The number of hydrogen-bond donors (Lipinski definition) is 1. The van der Waals surface area contributed by atoms with Crippen molar-refractivity contribution in [2.45, 2.75) is 11.9 Å². The van der Waals surface area contributed by atoms with E-state index in [1.807, 2.05) is 55.5 Å². The first-order valence-corrected chi connectivity index (χ1v) is 10.5. The average Bonchev–Trinajstić information content (AvgIpc) is 3.18. The number of anilines is 1. The Bertz CT molecular complexity index is 1210. The molecule has 0 spiro atoms.